The second kappa shape index (κ2) is 9.89. The Bertz CT molecular complexity index is 1270. The summed E-state index contributed by atoms with van der Waals surface area (Å²) in [6.07, 6.45) is 5.76. The lowest BCUT2D eigenvalue weighted by molar-refractivity contribution is -0.952. The molecular weight excluding hydrogens is 434 g/mol. The van der Waals surface area contributed by atoms with Crippen molar-refractivity contribution in [2.24, 2.45) is 0 Å². The molecule has 0 spiro atoms. The van der Waals surface area contributed by atoms with Crippen LogP contribution in [0, 0.1) is 0 Å². The van der Waals surface area contributed by atoms with Crippen LogP contribution in [0.4, 0.5) is 0 Å². The summed E-state index contributed by atoms with van der Waals surface area (Å²) in [5.74, 6) is 0. The van der Waals surface area contributed by atoms with Gasteiger partial charge in [0.2, 0.25) is 0 Å². The van der Waals surface area contributed by atoms with E-state index < -0.39 is 0 Å². The lowest BCUT2D eigenvalue weighted by Crippen LogP contribution is -3.19. The summed E-state index contributed by atoms with van der Waals surface area (Å²) < 4.78 is 3.52. The number of halogens is 1. The third-order valence-corrected chi connectivity index (χ3v) is 6.86. The number of fused-ring (bicyclic) bond motifs is 1. The minimum atomic E-state index is -0.0526. The van der Waals surface area contributed by atoms with Crippen molar-refractivity contribution in [1.82, 2.24) is 19.4 Å². The molecule has 3 atom stereocenters. The summed E-state index contributed by atoms with van der Waals surface area (Å²) in [4.78, 5) is 14.2. The molecule has 1 fully saturated rings. The van der Waals surface area contributed by atoms with Crippen molar-refractivity contribution in [3.05, 3.63) is 77.2 Å². The maximum atomic E-state index is 12.7. The SMILES string of the molecule is C[C@@H]1CCC[C@H](C)[NH+]1CCn1nc(-c2c(-c3ccccc3)nn3ccccc23)ccc1=O.[Cl-]. The number of aromatic nitrogens is 4. The van der Waals surface area contributed by atoms with E-state index in [1.165, 1.54) is 19.3 Å². The predicted molar refractivity (Wildman–Crippen MR) is 127 cm³/mol. The van der Waals surface area contributed by atoms with Crippen molar-refractivity contribution in [2.45, 2.75) is 51.7 Å². The smallest absolute Gasteiger partial charge is 0.266 e. The molecule has 1 aromatic carbocycles. The fourth-order valence-corrected chi connectivity index (χ4v) is 5.11. The standard InChI is InChI=1S/C26H29N5O.ClH/c1-19-9-8-10-20(2)29(19)17-18-31-24(32)15-14-22(27-31)25-23-13-6-7-16-30(23)28-26(25)21-11-4-3-5-12-21;/h3-7,11-16,19-20H,8-10,17-18H2,1-2H3;1H/t19-,20+;. The Balaban J connectivity index is 0.00000259. The van der Waals surface area contributed by atoms with E-state index in [0.29, 0.717) is 18.6 Å². The number of nitrogens with one attached hydrogen (secondary N) is 1. The maximum absolute atomic E-state index is 12.7. The van der Waals surface area contributed by atoms with E-state index in [1.54, 1.807) is 15.6 Å². The van der Waals surface area contributed by atoms with E-state index in [4.69, 9.17) is 10.2 Å². The molecule has 1 saturated heterocycles. The molecule has 172 valence electrons. The quantitative estimate of drug-likeness (QED) is 0.456. The van der Waals surface area contributed by atoms with Gasteiger partial charge in [0.15, 0.2) is 0 Å². The van der Waals surface area contributed by atoms with Crippen molar-refractivity contribution in [3.63, 3.8) is 0 Å². The second-order valence-electron chi connectivity index (χ2n) is 8.96. The highest BCUT2D eigenvalue weighted by molar-refractivity contribution is 5.90. The van der Waals surface area contributed by atoms with Gasteiger partial charge in [0.1, 0.15) is 5.69 Å². The number of rotatable bonds is 5. The van der Waals surface area contributed by atoms with Crippen LogP contribution < -0.4 is 22.9 Å². The molecule has 6 nitrogen and oxygen atoms in total. The number of likely N-dealkylation sites (tertiary alicyclic amines) is 1. The van der Waals surface area contributed by atoms with Gasteiger partial charge in [-0.1, -0.05) is 36.4 Å². The van der Waals surface area contributed by atoms with E-state index in [0.717, 1.165) is 34.6 Å². The Morgan fingerprint density at radius 3 is 2.42 bits per heavy atom. The van der Waals surface area contributed by atoms with Crippen molar-refractivity contribution in [2.75, 3.05) is 6.54 Å². The van der Waals surface area contributed by atoms with Gasteiger partial charge >= 0.3 is 0 Å². The van der Waals surface area contributed by atoms with Gasteiger partial charge in [-0.2, -0.15) is 10.2 Å². The lowest BCUT2D eigenvalue weighted by Gasteiger charge is -2.35. The van der Waals surface area contributed by atoms with Crippen LogP contribution in [-0.4, -0.2) is 38.0 Å². The Morgan fingerprint density at radius 1 is 0.939 bits per heavy atom. The molecule has 7 heteroatoms. The zero-order valence-electron chi connectivity index (χ0n) is 19.1. The first kappa shape index (κ1) is 23.2. The molecule has 4 aromatic rings. The fraction of sp³-hybridized carbons (Fsp3) is 0.346. The molecule has 1 N–H and O–H groups in total. The van der Waals surface area contributed by atoms with Crippen LogP contribution in [0.1, 0.15) is 33.1 Å². The van der Waals surface area contributed by atoms with Gasteiger partial charge in [-0.25, -0.2) is 9.20 Å². The Labute approximate surface area is 200 Å². The third kappa shape index (κ3) is 4.59. The van der Waals surface area contributed by atoms with Gasteiger partial charge in [-0.15, -0.1) is 0 Å². The molecule has 0 amide bonds. The van der Waals surface area contributed by atoms with E-state index in [2.05, 4.69) is 26.0 Å². The zero-order chi connectivity index (χ0) is 22.1. The van der Waals surface area contributed by atoms with Gasteiger partial charge in [-0.05, 0) is 51.3 Å². The van der Waals surface area contributed by atoms with Gasteiger partial charge in [-0.3, -0.25) is 4.79 Å². The summed E-state index contributed by atoms with van der Waals surface area (Å²) >= 11 is 0. The summed E-state index contributed by atoms with van der Waals surface area (Å²) in [5, 5.41) is 9.66. The van der Waals surface area contributed by atoms with Crippen molar-refractivity contribution >= 4 is 5.52 Å². The number of piperidine rings is 1. The normalized spacial score (nSPS) is 20.5. The molecule has 33 heavy (non-hydrogen) atoms. The molecule has 0 bridgehead atoms. The maximum Gasteiger partial charge on any atom is 0.266 e. The lowest BCUT2D eigenvalue weighted by atomic mass is 9.98. The monoisotopic (exact) mass is 463 g/mol. The van der Waals surface area contributed by atoms with Crippen molar-refractivity contribution in [3.8, 4) is 22.5 Å². The number of hydrogen-bond donors (Lipinski definition) is 1. The first-order valence-corrected chi connectivity index (χ1v) is 11.6. The molecule has 5 rings (SSSR count). The molecular formula is C26H30ClN5O. The van der Waals surface area contributed by atoms with Gasteiger partial charge in [0.25, 0.3) is 5.56 Å². The van der Waals surface area contributed by atoms with Crippen molar-refractivity contribution in [1.29, 1.82) is 0 Å². The van der Waals surface area contributed by atoms with E-state index in [1.807, 2.05) is 53.2 Å². The number of quaternary nitrogens is 1. The van der Waals surface area contributed by atoms with Gasteiger partial charge in [0, 0.05) is 17.8 Å². The van der Waals surface area contributed by atoms with Crippen LogP contribution in [0.25, 0.3) is 28.0 Å². The molecule has 1 aliphatic rings. The van der Waals surface area contributed by atoms with Crippen molar-refractivity contribution < 1.29 is 17.3 Å². The highest BCUT2D eigenvalue weighted by Gasteiger charge is 2.28. The van der Waals surface area contributed by atoms with Crippen LogP contribution in [-0.2, 0) is 6.54 Å². The minimum absolute atomic E-state index is 0. The van der Waals surface area contributed by atoms with E-state index >= 15 is 0 Å². The highest BCUT2D eigenvalue weighted by Crippen LogP contribution is 2.33. The molecule has 4 heterocycles. The molecule has 0 radical (unpaired) electrons. The van der Waals surface area contributed by atoms with Gasteiger partial charge < -0.3 is 17.3 Å². The Hall–Kier alpha value is -2.96. The van der Waals surface area contributed by atoms with Crippen LogP contribution >= 0.6 is 0 Å². The Morgan fingerprint density at radius 2 is 1.67 bits per heavy atom. The summed E-state index contributed by atoms with van der Waals surface area (Å²) in [7, 11) is 0. The number of pyridine rings is 1. The third-order valence-electron chi connectivity index (χ3n) is 6.86. The van der Waals surface area contributed by atoms with Gasteiger partial charge in [0.05, 0.1) is 41.9 Å². The molecule has 0 saturated carbocycles. The number of hydrogen-bond acceptors (Lipinski definition) is 3. The van der Waals surface area contributed by atoms with Crippen LogP contribution in [0.5, 0.6) is 0 Å². The average molecular weight is 464 g/mol. The molecule has 1 aliphatic heterocycles. The summed E-state index contributed by atoms with van der Waals surface area (Å²) in [6, 6.07) is 20.9. The highest BCUT2D eigenvalue weighted by atomic mass is 35.5. The number of benzene rings is 1. The topological polar surface area (TPSA) is 56.6 Å². The van der Waals surface area contributed by atoms with E-state index in [-0.39, 0.29) is 18.0 Å². The second-order valence-corrected chi connectivity index (χ2v) is 8.96. The number of nitrogens with zero attached hydrogens (tertiary/aromatic N) is 4. The van der Waals surface area contributed by atoms with Crippen LogP contribution in [0.15, 0.2) is 71.7 Å². The van der Waals surface area contributed by atoms with Crippen LogP contribution in [0.3, 0.4) is 0 Å². The fourth-order valence-electron chi connectivity index (χ4n) is 5.11. The first-order valence-electron chi connectivity index (χ1n) is 11.6. The Kier molecular flexibility index (Phi) is 6.96. The largest absolute Gasteiger partial charge is 1.00 e. The van der Waals surface area contributed by atoms with E-state index in [9.17, 15) is 4.79 Å². The molecule has 3 aromatic heterocycles. The zero-order valence-corrected chi connectivity index (χ0v) is 19.9. The predicted octanol–water partition coefficient (Wildman–Crippen LogP) is 0.0748. The summed E-state index contributed by atoms with van der Waals surface area (Å²) in [5.41, 5.74) is 4.57. The molecule has 0 aliphatic carbocycles. The first-order chi connectivity index (χ1) is 15.6. The summed E-state index contributed by atoms with van der Waals surface area (Å²) in [6.45, 7) is 6.18. The molecule has 1 unspecified atom stereocenters. The van der Waals surface area contributed by atoms with Crippen LogP contribution in [0.2, 0.25) is 0 Å². The average Bonchev–Trinajstić information content (AvgIpc) is 3.20. The minimum Gasteiger partial charge on any atom is -1.00 e.